The van der Waals surface area contributed by atoms with E-state index in [2.05, 4.69) is 0 Å². The van der Waals surface area contributed by atoms with Gasteiger partial charge in [0, 0.05) is 13.1 Å². The van der Waals surface area contributed by atoms with Gasteiger partial charge in [-0.2, -0.15) is 0 Å². The van der Waals surface area contributed by atoms with E-state index in [9.17, 15) is 8.42 Å². The largest absolute Gasteiger partial charge is 0.229 e. The highest BCUT2D eigenvalue weighted by molar-refractivity contribution is 7.92. The molecule has 1 fully saturated rings. The molecule has 0 aromatic carbocycles. The van der Waals surface area contributed by atoms with E-state index in [1.807, 2.05) is 6.92 Å². The van der Waals surface area contributed by atoms with Gasteiger partial charge >= 0.3 is 0 Å². The second-order valence-corrected chi connectivity index (χ2v) is 6.35. The van der Waals surface area contributed by atoms with Crippen molar-refractivity contribution in [3.63, 3.8) is 0 Å². The van der Waals surface area contributed by atoms with E-state index in [4.69, 9.17) is 11.8 Å². The van der Waals surface area contributed by atoms with Crippen LogP contribution < -0.4 is 0 Å². The van der Waals surface area contributed by atoms with E-state index in [-0.39, 0.29) is 5.25 Å². The zero-order valence-electron chi connectivity index (χ0n) is 7.87. The minimum Gasteiger partial charge on any atom is -0.229 e. The lowest BCUT2D eigenvalue weighted by molar-refractivity contribution is 0.367. The normalized spacial score (nSPS) is 22.0. The number of sulfone groups is 1. The molecule has 13 heavy (non-hydrogen) atoms. The van der Waals surface area contributed by atoms with Crippen LogP contribution in [-0.4, -0.2) is 36.9 Å². The Morgan fingerprint density at radius 1 is 1.38 bits per heavy atom. The number of rotatable bonds is 3. The smallest absolute Gasteiger partial charge is 0.153 e. The van der Waals surface area contributed by atoms with E-state index >= 15 is 0 Å². The average molecular weight is 226 g/mol. The predicted octanol–water partition coefficient (Wildman–Crippen LogP) is 1.43. The lowest BCUT2D eigenvalue weighted by Crippen LogP contribution is -2.35. The lowest BCUT2D eigenvalue weighted by Gasteiger charge is -2.26. The quantitative estimate of drug-likeness (QED) is 0.682. The monoisotopic (exact) mass is 225 g/mol. The zero-order chi connectivity index (χ0) is 9.90. The van der Waals surface area contributed by atoms with Gasteiger partial charge in [-0.25, -0.2) is 12.8 Å². The van der Waals surface area contributed by atoms with Crippen LogP contribution in [0, 0.1) is 0 Å². The first-order valence-electron chi connectivity index (χ1n) is 4.68. The number of hydrogen-bond donors (Lipinski definition) is 0. The van der Waals surface area contributed by atoms with Gasteiger partial charge in [-0.05, 0) is 31.0 Å². The molecular weight excluding hydrogens is 210 g/mol. The van der Waals surface area contributed by atoms with Crippen molar-refractivity contribution in [2.45, 2.75) is 31.4 Å². The van der Waals surface area contributed by atoms with Gasteiger partial charge in [0.2, 0.25) is 0 Å². The third kappa shape index (κ3) is 3.11. The minimum absolute atomic E-state index is 0.151. The molecule has 0 spiro atoms. The molecule has 1 heterocycles. The molecule has 1 aliphatic heterocycles. The van der Waals surface area contributed by atoms with Crippen molar-refractivity contribution >= 4 is 21.6 Å². The van der Waals surface area contributed by atoms with Crippen molar-refractivity contribution < 1.29 is 8.42 Å². The van der Waals surface area contributed by atoms with Crippen molar-refractivity contribution in [3.05, 3.63) is 0 Å². The minimum atomic E-state index is -2.84. The first-order valence-corrected chi connectivity index (χ1v) is 6.74. The van der Waals surface area contributed by atoms with Crippen molar-refractivity contribution in [3.8, 4) is 0 Å². The molecule has 0 radical (unpaired) electrons. The van der Waals surface area contributed by atoms with Crippen LogP contribution in [0.4, 0.5) is 0 Å². The first-order chi connectivity index (χ1) is 6.06. The molecule has 0 aromatic heterocycles. The highest BCUT2D eigenvalue weighted by atomic mass is 35.5. The maximum absolute atomic E-state index is 11.6. The number of nitrogens with zero attached hydrogens (tertiary/aromatic N) is 1. The number of hydrogen-bond acceptors (Lipinski definition) is 3. The molecule has 1 rings (SSSR count). The summed E-state index contributed by atoms with van der Waals surface area (Å²) in [6.07, 6.45) is 2.08. The van der Waals surface area contributed by atoms with Crippen LogP contribution >= 0.6 is 11.8 Å². The SMILES string of the molecule is CCCS(=O)(=O)C1CCN(Cl)CC1. The Hall–Kier alpha value is 0.200. The second kappa shape index (κ2) is 4.62. The van der Waals surface area contributed by atoms with Crippen LogP contribution in [0.15, 0.2) is 0 Å². The average Bonchev–Trinajstić information content (AvgIpc) is 2.05. The standard InChI is InChI=1S/C8H16ClNO2S/c1-2-7-13(11,12)8-3-5-10(9)6-4-8/h8H,2-7H2,1H3. The van der Waals surface area contributed by atoms with Gasteiger partial charge in [0.25, 0.3) is 0 Å². The summed E-state index contributed by atoms with van der Waals surface area (Å²) in [7, 11) is -2.84. The summed E-state index contributed by atoms with van der Waals surface area (Å²) in [5.74, 6) is 0.319. The van der Waals surface area contributed by atoms with Gasteiger partial charge in [0.05, 0.1) is 11.0 Å². The highest BCUT2D eigenvalue weighted by Crippen LogP contribution is 2.19. The molecule has 78 valence electrons. The summed E-state index contributed by atoms with van der Waals surface area (Å²) in [4.78, 5) is 0. The first kappa shape index (κ1) is 11.3. The van der Waals surface area contributed by atoms with Crippen LogP contribution in [0.3, 0.4) is 0 Å². The molecule has 0 N–H and O–H groups in total. The van der Waals surface area contributed by atoms with Crippen LogP contribution in [-0.2, 0) is 9.84 Å². The maximum atomic E-state index is 11.6. The molecule has 0 atom stereocenters. The fourth-order valence-electron chi connectivity index (χ4n) is 1.63. The Kier molecular flexibility index (Phi) is 4.01. The summed E-state index contributed by atoms with van der Waals surface area (Å²) in [6, 6.07) is 0. The summed E-state index contributed by atoms with van der Waals surface area (Å²) >= 11 is 5.75. The molecule has 0 aromatic rings. The molecule has 5 heteroatoms. The third-order valence-electron chi connectivity index (χ3n) is 2.38. The Morgan fingerprint density at radius 2 is 1.92 bits per heavy atom. The van der Waals surface area contributed by atoms with E-state index in [1.54, 1.807) is 4.42 Å². The van der Waals surface area contributed by atoms with Crippen LogP contribution in [0.5, 0.6) is 0 Å². The second-order valence-electron chi connectivity index (χ2n) is 3.48. The molecule has 3 nitrogen and oxygen atoms in total. The summed E-state index contributed by atoms with van der Waals surface area (Å²) in [5.41, 5.74) is 0. The molecule has 0 amide bonds. The zero-order valence-corrected chi connectivity index (χ0v) is 9.44. The van der Waals surface area contributed by atoms with Gasteiger partial charge in [0.15, 0.2) is 9.84 Å². The van der Waals surface area contributed by atoms with E-state index in [0.717, 1.165) is 0 Å². The lowest BCUT2D eigenvalue weighted by atomic mass is 10.2. The summed E-state index contributed by atoms with van der Waals surface area (Å²) in [6.45, 7) is 3.28. The number of halogens is 1. The van der Waals surface area contributed by atoms with Crippen LogP contribution in [0.25, 0.3) is 0 Å². The third-order valence-corrected chi connectivity index (χ3v) is 5.19. The fourth-order valence-corrected chi connectivity index (χ4v) is 3.66. The molecule has 0 saturated carbocycles. The molecule has 1 aliphatic rings. The maximum Gasteiger partial charge on any atom is 0.153 e. The highest BCUT2D eigenvalue weighted by Gasteiger charge is 2.28. The summed E-state index contributed by atoms with van der Waals surface area (Å²) < 4.78 is 24.9. The van der Waals surface area contributed by atoms with Crippen molar-refractivity contribution in [1.29, 1.82) is 0 Å². The predicted molar refractivity (Wildman–Crippen MR) is 54.5 cm³/mol. The summed E-state index contributed by atoms with van der Waals surface area (Å²) in [5, 5.41) is -0.151. The van der Waals surface area contributed by atoms with Crippen LogP contribution in [0.1, 0.15) is 26.2 Å². The molecular formula is C8H16ClNO2S. The van der Waals surface area contributed by atoms with Gasteiger partial charge in [-0.15, -0.1) is 0 Å². The Morgan fingerprint density at radius 3 is 2.38 bits per heavy atom. The van der Waals surface area contributed by atoms with Crippen LogP contribution in [0.2, 0.25) is 0 Å². The Labute approximate surface area is 85.1 Å². The van der Waals surface area contributed by atoms with E-state index < -0.39 is 9.84 Å². The van der Waals surface area contributed by atoms with Gasteiger partial charge in [-0.1, -0.05) is 6.92 Å². The number of piperidine rings is 1. The molecule has 1 saturated heterocycles. The fraction of sp³-hybridized carbons (Fsp3) is 1.00. The Balaban J connectivity index is 2.53. The Bertz CT molecular complexity index is 245. The van der Waals surface area contributed by atoms with Crippen molar-refractivity contribution in [2.24, 2.45) is 0 Å². The van der Waals surface area contributed by atoms with Gasteiger partial charge < -0.3 is 0 Å². The molecule has 0 aliphatic carbocycles. The topological polar surface area (TPSA) is 37.4 Å². The van der Waals surface area contributed by atoms with E-state index in [1.165, 1.54) is 0 Å². The van der Waals surface area contributed by atoms with Crippen molar-refractivity contribution in [1.82, 2.24) is 4.42 Å². The van der Waals surface area contributed by atoms with Gasteiger partial charge in [-0.3, -0.25) is 0 Å². The molecule has 0 unspecified atom stereocenters. The van der Waals surface area contributed by atoms with E-state index in [0.29, 0.717) is 38.1 Å². The molecule has 0 bridgehead atoms. The van der Waals surface area contributed by atoms with Crippen molar-refractivity contribution in [2.75, 3.05) is 18.8 Å². The van der Waals surface area contributed by atoms with Gasteiger partial charge in [0.1, 0.15) is 0 Å².